The van der Waals surface area contributed by atoms with Crippen molar-refractivity contribution in [3.05, 3.63) is 53.0 Å². The van der Waals surface area contributed by atoms with Gasteiger partial charge in [-0.15, -0.1) is 0 Å². The molecule has 158 valence electrons. The summed E-state index contributed by atoms with van der Waals surface area (Å²) >= 11 is 0. The zero-order valence-corrected chi connectivity index (χ0v) is 17.1. The lowest BCUT2D eigenvalue weighted by atomic mass is 9.99. The Balaban J connectivity index is 1.50. The van der Waals surface area contributed by atoms with Crippen LogP contribution in [0.3, 0.4) is 0 Å². The molecule has 9 nitrogen and oxygen atoms in total. The molecule has 1 atom stereocenters. The Bertz CT molecular complexity index is 1230. The smallest absolute Gasteiger partial charge is 0.417 e. The Morgan fingerprint density at radius 1 is 1.23 bits per heavy atom. The van der Waals surface area contributed by atoms with Gasteiger partial charge in [-0.1, -0.05) is 0 Å². The number of carbonyl (C=O) groups excluding carboxylic acids is 1. The summed E-state index contributed by atoms with van der Waals surface area (Å²) in [6, 6.07) is 11.2. The van der Waals surface area contributed by atoms with Crippen molar-refractivity contribution in [2.75, 3.05) is 25.5 Å². The standard InChI is InChI=1S/C20H21N3O6S/c1-28-15-6-4-14(5-7-15)21-19(24)13-3-2-10-23(12-13)30(26,27)16-8-9-17-18(11-16)29-20(25)22-17/h4-9,11,13H,2-3,10,12H2,1H3,(H,21,24)(H,22,25). The van der Waals surface area contributed by atoms with Gasteiger partial charge in [0.2, 0.25) is 15.9 Å². The molecule has 0 saturated carbocycles. The van der Waals surface area contributed by atoms with Crippen molar-refractivity contribution in [2.24, 2.45) is 5.92 Å². The van der Waals surface area contributed by atoms with Crippen LogP contribution in [0.5, 0.6) is 5.75 Å². The van der Waals surface area contributed by atoms with Crippen LogP contribution < -0.4 is 15.8 Å². The van der Waals surface area contributed by atoms with E-state index in [0.717, 1.165) is 0 Å². The monoisotopic (exact) mass is 431 g/mol. The molecule has 0 radical (unpaired) electrons. The highest BCUT2D eigenvalue weighted by atomic mass is 32.2. The number of fused-ring (bicyclic) bond motifs is 1. The van der Waals surface area contributed by atoms with Crippen molar-refractivity contribution in [1.82, 2.24) is 9.29 Å². The van der Waals surface area contributed by atoms with Crippen LogP contribution in [0.15, 0.2) is 56.6 Å². The summed E-state index contributed by atoms with van der Waals surface area (Å²) in [5.74, 6) is -0.664. The second-order valence-corrected chi connectivity index (χ2v) is 9.03. The molecule has 1 fully saturated rings. The van der Waals surface area contributed by atoms with Gasteiger partial charge in [0.05, 0.1) is 23.4 Å². The lowest BCUT2D eigenvalue weighted by Gasteiger charge is -2.31. The highest BCUT2D eigenvalue weighted by Gasteiger charge is 2.33. The molecule has 1 aliphatic rings. The lowest BCUT2D eigenvalue weighted by Crippen LogP contribution is -2.43. The molecule has 2 N–H and O–H groups in total. The van der Waals surface area contributed by atoms with Crippen LogP contribution in [0.4, 0.5) is 5.69 Å². The number of sulfonamides is 1. The van der Waals surface area contributed by atoms with Crippen molar-refractivity contribution in [3.63, 3.8) is 0 Å². The van der Waals surface area contributed by atoms with Gasteiger partial charge in [0, 0.05) is 24.8 Å². The zero-order valence-electron chi connectivity index (χ0n) is 16.3. The molecule has 4 rings (SSSR count). The Labute approximate surface area is 172 Å². The normalized spacial score (nSPS) is 17.7. The molecule has 30 heavy (non-hydrogen) atoms. The van der Waals surface area contributed by atoms with Crippen molar-refractivity contribution in [1.29, 1.82) is 0 Å². The number of methoxy groups -OCH3 is 1. The van der Waals surface area contributed by atoms with Crippen molar-refractivity contribution < 1.29 is 22.4 Å². The predicted molar refractivity (Wildman–Crippen MR) is 110 cm³/mol. The van der Waals surface area contributed by atoms with Crippen LogP contribution >= 0.6 is 0 Å². The van der Waals surface area contributed by atoms with E-state index in [1.807, 2.05) is 0 Å². The molecule has 0 bridgehead atoms. The van der Waals surface area contributed by atoms with Crippen molar-refractivity contribution >= 4 is 32.7 Å². The number of hydrogen-bond acceptors (Lipinski definition) is 6. The van der Waals surface area contributed by atoms with Crippen molar-refractivity contribution in [2.45, 2.75) is 17.7 Å². The van der Waals surface area contributed by atoms with Gasteiger partial charge in [-0.05, 0) is 49.2 Å². The Kier molecular flexibility index (Phi) is 5.35. The van der Waals surface area contributed by atoms with Crippen LogP contribution in [0.1, 0.15) is 12.8 Å². The van der Waals surface area contributed by atoms with Gasteiger partial charge in [0.25, 0.3) is 0 Å². The van der Waals surface area contributed by atoms with Gasteiger partial charge < -0.3 is 14.5 Å². The van der Waals surface area contributed by atoms with Gasteiger partial charge in [-0.2, -0.15) is 4.31 Å². The Morgan fingerprint density at radius 2 is 2.00 bits per heavy atom. The van der Waals surface area contributed by atoms with Crippen LogP contribution in [-0.2, 0) is 14.8 Å². The van der Waals surface area contributed by atoms with E-state index in [2.05, 4.69) is 10.3 Å². The van der Waals surface area contributed by atoms with E-state index in [1.165, 1.54) is 22.5 Å². The maximum Gasteiger partial charge on any atom is 0.417 e. The third kappa shape index (κ3) is 3.96. The summed E-state index contributed by atoms with van der Waals surface area (Å²) in [5, 5.41) is 2.83. The van der Waals surface area contributed by atoms with Gasteiger partial charge in [-0.25, -0.2) is 13.2 Å². The minimum absolute atomic E-state index is 0.0222. The first-order valence-corrected chi connectivity index (χ1v) is 10.9. The third-order valence-corrected chi connectivity index (χ3v) is 7.00. The number of ether oxygens (including phenoxy) is 1. The second-order valence-electron chi connectivity index (χ2n) is 7.09. The molecule has 3 aromatic rings. The maximum absolute atomic E-state index is 13.1. The fourth-order valence-electron chi connectivity index (χ4n) is 3.53. The average molecular weight is 431 g/mol. The number of anilines is 1. The minimum atomic E-state index is -3.83. The SMILES string of the molecule is COc1ccc(NC(=O)C2CCCN(S(=O)(=O)c3ccc4[nH]c(=O)oc4c3)C2)cc1. The maximum atomic E-state index is 13.1. The molecule has 1 aromatic heterocycles. The van der Waals surface area contributed by atoms with E-state index in [4.69, 9.17) is 9.15 Å². The van der Waals surface area contributed by atoms with Gasteiger partial charge in [0.1, 0.15) is 5.75 Å². The number of carbonyl (C=O) groups is 1. The summed E-state index contributed by atoms with van der Waals surface area (Å²) in [4.78, 5) is 26.5. The minimum Gasteiger partial charge on any atom is -0.497 e. The lowest BCUT2D eigenvalue weighted by molar-refractivity contribution is -0.120. The molecule has 1 amide bonds. The first-order valence-electron chi connectivity index (χ1n) is 9.45. The van der Waals surface area contributed by atoms with Crippen LogP contribution in [0.2, 0.25) is 0 Å². The molecule has 1 aliphatic heterocycles. The fraction of sp³-hybridized carbons (Fsp3) is 0.300. The number of nitrogens with one attached hydrogen (secondary N) is 2. The fourth-order valence-corrected chi connectivity index (χ4v) is 5.07. The number of nitrogens with zero attached hydrogens (tertiary/aromatic N) is 1. The number of hydrogen-bond donors (Lipinski definition) is 2. The molecular weight excluding hydrogens is 410 g/mol. The van der Waals surface area contributed by atoms with Crippen LogP contribution in [0, 0.1) is 5.92 Å². The van der Waals surface area contributed by atoms with Gasteiger partial charge in [-0.3, -0.25) is 9.78 Å². The average Bonchev–Trinajstić information content (AvgIpc) is 3.13. The summed E-state index contributed by atoms with van der Waals surface area (Å²) < 4.78 is 37.5. The number of aromatic nitrogens is 1. The molecular formula is C20H21N3O6S. The molecule has 10 heteroatoms. The third-order valence-electron chi connectivity index (χ3n) is 5.14. The highest BCUT2D eigenvalue weighted by Crippen LogP contribution is 2.26. The Hall–Kier alpha value is -3.11. The number of H-pyrrole nitrogens is 1. The summed E-state index contributed by atoms with van der Waals surface area (Å²) in [5.41, 5.74) is 1.22. The molecule has 0 spiro atoms. The van der Waals surface area contributed by atoms with Crippen LogP contribution in [0.25, 0.3) is 11.1 Å². The van der Waals surface area contributed by atoms with Gasteiger partial charge in [0.15, 0.2) is 5.58 Å². The number of piperidine rings is 1. The first-order chi connectivity index (χ1) is 14.4. The zero-order chi connectivity index (χ0) is 21.3. The Morgan fingerprint density at radius 3 is 2.73 bits per heavy atom. The predicted octanol–water partition coefficient (Wildman–Crippen LogP) is 2.17. The highest BCUT2D eigenvalue weighted by molar-refractivity contribution is 7.89. The molecule has 2 aromatic carbocycles. The number of aromatic amines is 1. The van der Waals surface area contributed by atoms with Crippen molar-refractivity contribution in [3.8, 4) is 5.75 Å². The first kappa shape index (κ1) is 20.2. The van der Waals surface area contributed by atoms with E-state index in [0.29, 0.717) is 36.3 Å². The summed E-state index contributed by atoms with van der Waals surface area (Å²) in [6.45, 7) is 0.406. The van der Waals surface area contributed by atoms with E-state index in [-0.39, 0.29) is 22.9 Å². The number of rotatable bonds is 5. The topological polar surface area (TPSA) is 122 Å². The quantitative estimate of drug-likeness (QED) is 0.639. The molecule has 1 saturated heterocycles. The largest absolute Gasteiger partial charge is 0.497 e. The molecule has 0 aliphatic carbocycles. The van der Waals surface area contributed by atoms with E-state index in [1.54, 1.807) is 31.4 Å². The molecule has 1 unspecified atom stereocenters. The second kappa shape index (κ2) is 7.96. The van der Waals surface area contributed by atoms with Gasteiger partial charge >= 0.3 is 5.76 Å². The van der Waals surface area contributed by atoms with E-state index in [9.17, 15) is 18.0 Å². The number of benzene rings is 2. The number of oxazole rings is 1. The summed E-state index contributed by atoms with van der Waals surface area (Å²) in [6.07, 6.45) is 1.17. The molecule has 2 heterocycles. The van der Waals surface area contributed by atoms with Crippen LogP contribution in [-0.4, -0.2) is 43.8 Å². The van der Waals surface area contributed by atoms with E-state index < -0.39 is 21.7 Å². The summed E-state index contributed by atoms with van der Waals surface area (Å²) in [7, 11) is -2.27. The number of amides is 1. The van der Waals surface area contributed by atoms with E-state index >= 15 is 0 Å².